The van der Waals surface area contributed by atoms with Gasteiger partial charge >= 0.3 is 0 Å². The average molecular weight is 496 g/mol. The molecule has 4 rings (SSSR count). The molecule has 9 heteroatoms. The number of carbonyl (C=O) groups excluding carboxylic acids is 1. The molecule has 31 heavy (non-hydrogen) atoms. The maximum absolute atomic E-state index is 12.5. The molecule has 1 aromatic carbocycles. The summed E-state index contributed by atoms with van der Waals surface area (Å²) in [5.74, 6) is 1.66. The third-order valence-electron chi connectivity index (χ3n) is 5.37. The van der Waals surface area contributed by atoms with Crippen LogP contribution >= 0.6 is 46.3 Å². The lowest BCUT2D eigenvalue weighted by Gasteiger charge is -2.19. The largest absolute Gasteiger partial charge is 0.323 e. The van der Waals surface area contributed by atoms with Crippen molar-refractivity contribution in [2.75, 3.05) is 11.1 Å². The Morgan fingerprint density at radius 3 is 2.84 bits per heavy atom. The van der Waals surface area contributed by atoms with Gasteiger partial charge in [-0.15, -0.1) is 21.5 Å². The van der Waals surface area contributed by atoms with Crippen LogP contribution in [0.15, 0.2) is 28.7 Å². The number of anilines is 1. The molecule has 0 aliphatic heterocycles. The number of amides is 1. The Morgan fingerprint density at radius 1 is 1.32 bits per heavy atom. The first-order valence-electron chi connectivity index (χ1n) is 10.4. The summed E-state index contributed by atoms with van der Waals surface area (Å²) in [6.07, 6.45) is 4.42. The van der Waals surface area contributed by atoms with Crippen LogP contribution in [-0.4, -0.2) is 26.4 Å². The van der Waals surface area contributed by atoms with Gasteiger partial charge in [0.2, 0.25) is 5.91 Å². The van der Waals surface area contributed by atoms with Crippen molar-refractivity contribution in [3.8, 4) is 11.4 Å². The second-order valence-electron chi connectivity index (χ2n) is 7.79. The van der Waals surface area contributed by atoms with Gasteiger partial charge in [0.25, 0.3) is 0 Å². The average Bonchev–Trinajstić information content (AvgIpc) is 3.33. The SMILES string of the molecule is CCCn1c(SCC(=O)Nc2c(Cl)cccc2Cl)nnc1-c1csc2c1CCC(C)C2. The molecular formula is C22H24Cl2N4OS2. The zero-order valence-corrected chi connectivity index (χ0v) is 20.6. The molecule has 1 unspecified atom stereocenters. The number of halogens is 2. The van der Waals surface area contributed by atoms with Crippen molar-refractivity contribution in [2.24, 2.45) is 5.92 Å². The molecule has 1 amide bonds. The van der Waals surface area contributed by atoms with Crippen LogP contribution in [0.25, 0.3) is 11.4 Å². The second kappa shape index (κ2) is 9.94. The second-order valence-corrected chi connectivity index (χ2v) is 10.5. The molecule has 1 aliphatic carbocycles. The summed E-state index contributed by atoms with van der Waals surface area (Å²) in [6, 6.07) is 5.14. The number of para-hydroxylation sites is 1. The highest BCUT2D eigenvalue weighted by Crippen LogP contribution is 2.38. The van der Waals surface area contributed by atoms with E-state index in [-0.39, 0.29) is 11.7 Å². The number of thiophene rings is 1. The minimum Gasteiger partial charge on any atom is -0.323 e. The van der Waals surface area contributed by atoms with Crippen LogP contribution in [0, 0.1) is 5.92 Å². The molecule has 2 aromatic heterocycles. The quantitative estimate of drug-likeness (QED) is 0.376. The maximum Gasteiger partial charge on any atom is 0.234 e. The summed E-state index contributed by atoms with van der Waals surface area (Å²) >= 11 is 15.5. The van der Waals surface area contributed by atoms with Crippen LogP contribution in [0.5, 0.6) is 0 Å². The molecule has 1 atom stereocenters. The molecule has 5 nitrogen and oxygen atoms in total. The highest BCUT2D eigenvalue weighted by atomic mass is 35.5. The van der Waals surface area contributed by atoms with Crippen LogP contribution in [0.4, 0.5) is 5.69 Å². The van der Waals surface area contributed by atoms with Gasteiger partial charge in [-0.05, 0) is 49.3 Å². The molecule has 0 bridgehead atoms. The normalized spacial score (nSPS) is 15.7. The van der Waals surface area contributed by atoms with Gasteiger partial charge in [0.1, 0.15) is 0 Å². The Balaban J connectivity index is 1.51. The van der Waals surface area contributed by atoms with Crippen molar-refractivity contribution < 1.29 is 4.79 Å². The maximum atomic E-state index is 12.5. The van der Waals surface area contributed by atoms with E-state index in [0.717, 1.165) is 42.7 Å². The van der Waals surface area contributed by atoms with Crippen molar-refractivity contribution in [3.05, 3.63) is 44.1 Å². The summed E-state index contributed by atoms with van der Waals surface area (Å²) in [6.45, 7) is 5.26. The smallest absolute Gasteiger partial charge is 0.234 e. The Bertz CT molecular complexity index is 1080. The highest BCUT2D eigenvalue weighted by Gasteiger charge is 2.24. The van der Waals surface area contributed by atoms with E-state index in [1.54, 1.807) is 18.2 Å². The van der Waals surface area contributed by atoms with E-state index in [2.05, 4.69) is 39.3 Å². The number of hydrogen-bond acceptors (Lipinski definition) is 5. The van der Waals surface area contributed by atoms with E-state index >= 15 is 0 Å². The number of thioether (sulfide) groups is 1. The summed E-state index contributed by atoms with van der Waals surface area (Å²) in [7, 11) is 0. The van der Waals surface area contributed by atoms with Gasteiger partial charge in [0.15, 0.2) is 11.0 Å². The Labute approximate surface area is 200 Å². The van der Waals surface area contributed by atoms with Gasteiger partial charge in [-0.1, -0.05) is 54.9 Å². The predicted octanol–water partition coefficient (Wildman–Crippen LogP) is 6.58. The van der Waals surface area contributed by atoms with E-state index < -0.39 is 0 Å². The van der Waals surface area contributed by atoms with Gasteiger partial charge in [-0.3, -0.25) is 4.79 Å². The van der Waals surface area contributed by atoms with Gasteiger partial charge in [0.05, 0.1) is 21.5 Å². The standard InChI is InChI=1S/C22H24Cl2N4OS2/c1-3-9-28-21(15-11-30-18-10-13(2)7-8-14(15)18)26-27-22(28)31-12-19(29)25-20-16(23)5-4-6-17(20)24/h4-6,11,13H,3,7-10,12H2,1-2H3,(H,25,29). The van der Waals surface area contributed by atoms with Gasteiger partial charge in [-0.2, -0.15) is 0 Å². The summed E-state index contributed by atoms with van der Waals surface area (Å²) in [4.78, 5) is 14.0. The number of benzene rings is 1. The van der Waals surface area contributed by atoms with Gasteiger partial charge in [-0.25, -0.2) is 0 Å². The number of aromatic nitrogens is 3. The number of rotatable bonds is 7. The molecule has 0 saturated carbocycles. The number of nitrogens with one attached hydrogen (secondary N) is 1. The van der Waals surface area contributed by atoms with Crippen LogP contribution in [-0.2, 0) is 24.2 Å². The van der Waals surface area contributed by atoms with Crippen LogP contribution < -0.4 is 5.32 Å². The fraction of sp³-hybridized carbons (Fsp3) is 0.409. The van der Waals surface area contributed by atoms with Crippen molar-refractivity contribution in [1.82, 2.24) is 14.8 Å². The zero-order chi connectivity index (χ0) is 22.0. The topological polar surface area (TPSA) is 59.8 Å². The minimum atomic E-state index is -0.186. The molecule has 1 aliphatic rings. The number of hydrogen-bond donors (Lipinski definition) is 1. The lowest BCUT2D eigenvalue weighted by atomic mass is 9.88. The Kier molecular flexibility index (Phi) is 7.26. The van der Waals surface area contributed by atoms with Crippen molar-refractivity contribution in [2.45, 2.75) is 51.2 Å². The molecule has 0 saturated heterocycles. The number of fused-ring (bicyclic) bond motifs is 1. The minimum absolute atomic E-state index is 0.186. The summed E-state index contributed by atoms with van der Waals surface area (Å²) in [5.41, 5.74) is 3.06. The summed E-state index contributed by atoms with van der Waals surface area (Å²) in [5, 5.41) is 15.5. The van der Waals surface area contributed by atoms with Crippen molar-refractivity contribution in [3.63, 3.8) is 0 Å². The first kappa shape index (κ1) is 22.6. The molecule has 2 heterocycles. The fourth-order valence-corrected chi connectivity index (χ4v) is 6.31. The Morgan fingerprint density at radius 2 is 2.10 bits per heavy atom. The third kappa shape index (κ3) is 4.95. The van der Waals surface area contributed by atoms with E-state index in [9.17, 15) is 4.79 Å². The molecule has 0 spiro atoms. The molecule has 0 fully saturated rings. The number of nitrogens with zero attached hydrogens (tertiary/aromatic N) is 3. The van der Waals surface area contributed by atoms with Crippen LogP contribution in [0.1, 0.15) is 37.1 Å². The lowest BCUT2D eigenvalue weighted by molar-refractivity contribution is -0.113. The van der Waals surface area contributed by atoms with E-state index in [1.807, 2.05) is 11.3 Å². The third-order valence-corrected chi connectivity index (χ3v) is 8.01. The first-order valence-corrected chi connectivity index (χ1v) is 13.0. The monoisotopic (exact) mass is 494 g/mol. The lowest BCUT2D eigenvalue weighted by Crippen LogP contribution is -2.15. The van der Waals surface area contributed by atoms with Crippen LogP contribution in [0.3, 0.4) is 0 Å². The van der Waals surface area contributed by atoms with Gasteiger partial charge in [0, 0.05) is 22.4 Å². The summed E-state index contributed by atoms with van der Waals surface area (Å²) < 4.78 is 2.14. The van der Waals surface area contributed by atoms with E-state index in [4.69, 9.17) is 23.2 Å². The molecular weight excluding hydrogens is 471 g/mol. The fourth-order valence-electron chi connectivity index (χ4n) is 3.81. The number of carbonyl (C=O) groups is 1. The van der Waals surface area contributed by atoms with Gasteiger partial charge < -0.3 is 9.88 Å². The molecule has 164 valence electrons. The molecule has 3 aromatic rings. The van der Waals surface area contributed by atoms with Crippen LogP contribution in [0.2, 0.25) is 10.0 Å². The van der Waals surface area contributed by atoms with E-state index in [1.165, 1.54) is 34.2 Å². The molecule has 1 N–H and O–H groups in total. The molecule has 0 radical (unpaired) electrons. The first-order chi connectivity index (χ1) is 15.0. The van der Waals surface area contributed by atoms with Crippen molar-refractivity contribution >= 4 is 57.9 Å². The predicted molar refractivity (Wildman–Crippen MR) is 131 cm³/mol. The Hall–Kier alpha value is -1.54. The van der Waals surface area contributed by atoms with Crippen molar-refractivity contribution in [1.29, 1.82) is 0 Å². The van der Waals surface area contributed by atoms with E-state index in [0.29, 0.717) is 15.7 Å². The zero-order valence-electron chi connectivity index (χ0n) is 17.5. The highest BCUT2D eigenvalue weighted by molar-refractivity contribution is 7.99.